The van der Waals surface area contributed by atoms with Crippen LogP contribution in [-0.2, 0) is 19.0 Å². The summed E-state index contributed by atoms with van der Waals surface area (Å²) in [7, 11) is 0. The van der Waals surface area contributed by atoms with Gasteiger partial charge >= 0.3 is 5.97 Å². The number of rotatable bonds is 6. The summed E-state index contributed by atoms with van der Waals surface area (Å²) in [6.07, 6.45) is 1.40. The van der Waals surface area contributed by atoms with Crippen LogP contribution in [0.15, 0.2) is 0 Å². The van der Waals surface area contributed by atoms with Crippen molar-refractivity contribution in [2.45, 2.75) is 45.8 Å². The van der Waals surface area contributed by atoms with Gasteiger partial charge in [0.1, 0.15) is 0 Å². The Bertz CT molecular complexity index is 217. The van der Waals surface area contributed by atoms with Gasteiger partial charge in [-0.15, -0.1) is 0 Å². The molecule has 4 heteroatoms. The Kier molecular flexibility index (Phi) is 5.77. The fraction of sp³-hybridized carbons (Fsp3) is 0.917. The maximum atomic E-state index is 11.1. The quantitative estimate of drug-likeness (QED) is 0.652. The van der Waals surface area contributed by atoms with Gasteiger partial charge in [-0.3, -0.25) is 4.79 Å². The molecule has 3 atom stereocenters. The lowest BCUT2D eigenvalue weighted by molar-refractivity contribution is -0.144. The van der Waals surface area contributed by atoms with Gasteiger partial charge in [0.2, 0.25) is 0 Å². The highest BCUT2D eigenvalue weighted by Crippen LogP contribution is 2.19. The van der Waals surface area contributed by atoms with Crippen LogP contribution in [0.2, 0.25) is 0 Å². The standard InChI is InChI=1S/C12H22O4/c1-4-15-12(13)6-5-10(3)16-11-8-14-7-9(11)2/h9-11H,4-8H2,1-3H3. The monoisotopic (exact) mass is 230 g/mol. The van der Waals surface area contributed by atoms with Crippen molar-refractivity contribution in [3.8, 4) is 0 Å². The molecule has 0 radical (unpaired) electrons. The van der Waals surface area contributed by atoms with Crippen molar-refractivity contribution in [3.05, 3.63) is 0 Å². The molecule has 0 amide bonds. The molecule has 0 bridgehead atoms. The molecule has 0 N–H and O–H groups in total. The first-order valence-corrected chi connectivity index (χ1v) is 6.02. The van der Waals surface area contributed by atoms with Crippen molar-refractivity contribution in [3.63, 3.8) is 0 Å². The zero-order chi connectivity index (χ0) is 12.0. The average Bonchev–Trinajstić information content (AvgIpc) is 2.62. The summed E-state index contributed by atoms with van der Waals surface area (Å²) in [5.74, 6) is 0.304. The molecule has 94 valence electrons. The van der Waals surface area contributed by atoms with E-state index >= 15 is 0 Å². The normalized spacial score (nSPS) is 26.7. The van der Waals surface area contributed by atoms with E-state index in [1.807, 2.05) is 13.8 Å². The van der Waals surface area contributed by atoms with Crippen LogP contribution in [0.5, 0.6) is 0 Å². The number of carbonyl (C=O) groups excluding carboxylic acids is 1. The largest absolute Gasteiger partial charge is 0.466 e. The molecule has 0 spiro atoms. The third-order valence-corrected chi connectivity index (χ3v) is 2.76. The maximum Gasteiger partial charge on any atom is 0.305 e. The van der Waals surface area contributed by atoms with E-state index < -0.39 is 0 Å². The number of hydrogen-bond donors (Lipinski definition) is 0. The van der Waals surface area contributed by atoms with Crippen LogP contribution in [0.3, 0.4) is 0 Å². The van der Waals surface area contributed by atoms with E-state index in [0.717, 1.165) is 6.61 Å². The van der Waals surface area contributed by atoms with Crippen LogP contribution in [0.25, 0.3) is 0 Å². The average molecular weight is 230 g/mol. The van der Waals surface area contributed by atoms with E-state index in [4.69, 9.17) is 14.2 Å². The van der Waals surface area contributed by atoms with Gasteiger partial charge < -0.3 is 14.2 Å². The van der Waals surface area contributed by atoms with Crippen molar-refractivity contribution in [2.24, 2.45) is 5.92 Å². The van der Waals surface area contributed by atoms with Crippen LogP contribution in [0.1, 0.15) is 33.6 Å². The highest BCUT2D eigenvalue weighted by Gasteiger charge is 2.26. The molecule has 1 heterocycles. The highest BCUT2D eigenvalue weighted by molar-refractivity contribution is 5.69. The van der Waals surface area contributed by atoms with Crippen LogP contribution >= 0.6 is 0 Å². The SMILES string of the molecule is CCOC(=O)CCC(C)OC1COCC1C. The van der Waals surface area contributed by atoms with Crippen molar-refractivity contribution >= 4 is 5.97 Å². The van der Waals surface area contributed by atoms with Gasteiger partial charge in [0, 0.05) is 12.3 Å². The first kappa shape index (κ1) is 13.5. The summed E-state index contributed by atoms with van der Waals surface area (Å²) in [4.78, 5) is 11.1. The van der Waals surface area contributed by atoms with Gasteiger partial charge in [0.15, 0.2) is 0 Å². The zero-order valence-electron chi connectivity index (χ0n) is 10.4. The van der Waals surface area contributed by atoms with Crippen LogP contribution in [0.4, 0.5) is 0 Å². The van der Waals surface area contributed by atoms with E-state index in [1.54, 1.807) is 0 Å². The number of esters is 1. The molecular formula is C12H22O4. The van der Waals surface area contributed by atoms with Crippen LogP contribution < -0.4 is 0 Å². The highest BCUT2D eigenvalue weighted by atomic mass is 16.6. The molecule has 1 aliphatic rings. The minimum atomic E-state index is -0.145. The van der Waals surface area contributed by atoms with Gasteiger partial charge in [-0.25, -0.2) is 0 Å². The molecule has 0 saturated carbocycles. The smallest absolute Gasteiger partial charge is 0.305 e. The molecule has 1 aliphatic heterocycles. The second-order valence-corrected chi connectivity index (χ2v) is 4.34. The Morgan fingerprint density at radius 1 is 1.50 bits per heavy atom. The van der Waals surface area contributed by atoms with Gasteiger partial charge in [-0.1, -0.05) is 6.92 Å². The summed E-state index contributed by atoms with van der Waals surface area (Å²) < 4.78 is 16.0. The summed E-state index contributed by atoms with van der Waals surface area (Å²) in [6.45, 7) is 7.82. The Morgan fingerprint density at radius 3 is 2.81 bits per heavy atom. The van der Waals surface area contributed by atoms with Gasteiger partial charge in [-0.05, 0) is 20.3 Å². The molecule has 3 unspecified atom stereocenters. The Morgan fingerprint density at radius 2 is 2.25 bits per heavy atom. The lowest BCUT2D eigenvalue weighted by Crippen LogP contribution is -2.25. The second-order valence-electron chi connectivity index (χ2n) is 4.34. The molecule has 0 aliphatic carbocycles. The van der Waals surface area contributed by atoms with Crippen LogP contribution in [-0.4, -0.2) is 38.0 Å². The summed E-state index contributed by atoms with van der Waals surface area (Å²) in [6, 6.07) is 0. The lowest BCUT2D eigenvalue weighted by atomic mass is 10.1. The predicted octanol–water partition coefficient (Wildman–Crippen LogP) is 1.77. The third-order valence-electron chi connectivity index (χ3n) is 2.76. The molecular weight excluding hydrogens is 208 g/mol. The van der Waals surface area contributed by atoms with E-state index in [9.17, 15) is 4.79 Å². The molecule has 0 aromatic carbocycles. The molecule has 0 aromatic rings. The minimum absolute atomic E-state index is 0.0820. The molecule has 4 nitrogen and oxygen atoms in total. The maximum absolute atomic E-state index is 11.1. The van der Waals surface area contributed by atoms with E-state index in [1.165, 1.54) is 0 Å². The molecule has 1 fully saturated rings. The molecule has 16 heavy (non-hydrogen) atoms. The Labute approximate surface area is 97.2 Å². The third kappa shape index (κ3) is 4.49. The molecule has 1 rings (SSSR count). The second kappa shape index (κ2) is 6.86. The predicted molar refractivity (Wildman–Crippen MR) is 60.2 cm³/mol. The fourth-order valence-electron chi connectivity index (χ4n) is 1.74. The number of ether oxygens (including phenoxy) is 3. The van der Waals surface area contributed by atoms with Crippen molar-refractivity contribution in [1.82, 2.24) is 0 Å². The van der Waals surface area contributed by atoms with E-state index in [0.29, 0.717) is 32.0 Å². The summed E-state index contributed by atoms with van der Waals surface area (Å²) >= 11 is 0. The first-order chi connectivity index (χ1) is 7.63. The number of hydrogen-bond acceptors (Lipinski definition) is 4. The Hall–Kier alpha value is -0.610. The van der Waals surface area contributed by atoms with Gasteiger partial charge in [0.25, 0.3) is 0 Å². The van der Waals surface area contributed by atoms with Gasteiger partial charge in [-0.2, -0.15) is 0 Å². The molecule has 0 aromatic heterocycles. The van der Waals surface area contributed by atoms with E-state index in [2.05, 4.69) is 6.92 Å². The van der Waals surface area contributed by atoms with Crippen molar-refractivity contribution < 1.29 is 19.0 Å². The van der Waals surface area contributed by atoms with E-state index in [-0.39, 0.29) is 18.2 Å². The Balaban J connectivity index is 2.15. The zero-order valence-corrected chi connectivity index (χ0v) is 10.4. The van der Waals surface area contributed by atoms with Gasteiger partial charge in [0.05, 0.1) is 32.0 Å². The first-order valence-electron chi connectivity index (χ1n) is 6.02. The van der Waals surface area contributed by atoms with Crippen molar-refractivity contribution in [2.75, 3.05) is 19.8 Å². The minimum Gasteiger partial charge on any atom is -0.466 e. The topological polar surface area (TPSA) is 44.8 Å². The number of carbonyl (C=O) groups is 1. The molecule has 1 saturated heterocycles. The lowest BCUT2D eigenvalue weighted by Gasteiger charge is -2.20. The summed E-state index contributed by atoms with van der Waals surface area (Å²) in [5.41, 5.74) is 0. The summed E-state index contributed by atoms with van der Waals surface area (Å²) in [5, 5.41) is 0. The van der Waals surface area contributed by atoms with Crippen molar-refractivity contribution in [1.29, 1.82) is 0 Å². The van der Waals surface area contributed by atoms with Crippen LogP contribution in [0, 0.1) is 5.92 Å². The fourth-order valence-corrected chi connectivity index (χ4v) is 1.74.